The summed E-state index contributed by atoms with van der Waals surface area (Å²) in [4.78, 5) is 17.0. The molecular formula is C12H17N3O3. The summed E-state index contributed by atoms with van der Waals surface area (Å²) < 4.78 is 10.3. The predicted molar refractivity (Wildman–Crippen MR) is 66.7 cm³/mol. The van der Waals surface area contributed by atoms with Crippen molar-refractivity contribution >= 4 is 11.8 Å². The van der Waals surface area contributed by atoms with E-state index in [2.05, 4.69) is 9.88 Å². The average Bonchev–Trinajstić information content (AvgIpc) is 2.38. The van der Waals surface area contributed by atoms with Crippen molar-refractivity contribution in [3.8, 4) is 5.88 Å². The molecule has 0 radical (unpaired) electrons. The number of primary amides is 1. The Kier molecular flexibility index (Phi) is 3.86. The molecule has 1 amide bonds. The van der Waals surface area contributed by atoms with Crippen LogP contribution in [0.25, 0.3) is 0 Å². The van der Waals surface area contributed by atoms with Crippen LogP contribution in [-0.2, 0) is 4.74 Å². The van der Waals surface area contributed by atoms with Crippen LogP contribution < -0.4 is 15.4 Å². The van der Waals surface area contributed by atoms with Gasteiger partial charge in [-0.05, 0) is 25.0 Å². The molecule has 1 aliphatic heterocycles. The molecule has 1 aliphatic rings. The number of methoxy groups -OCH3 is 1. The molecule has 0 bridgehead atoms. The Bertz CT molecular complexity index is 425. The van der Waals surface area contributed by atoms with Crippen molar-refractivity contribution in [3.63, 3.8) is 0 Å². The van der Waals surface area contributed by atoms with Crippen molar-refractivity contribution in [3.05, 3.63) is 18.3 Å². The maximum absolute atomic E-state index is 10.8. The Morgan fingerprint density at radius 2 is 2.44 bits per heavy atom. The zero-order chi connectivity index (χ0) is 13.0. The summed E-state index contributed by atoms with van der Waals surface area (Å²) in [5, 5.41) is 0. The maximum atomic E-state index is 10.8. The minimum absolute atomic E-state index is 0.166. The number of hydrogen-bond donors (Lipinski definition) is 1. The molecule has 2 rings (SSSR count). The van der Waals surface area contributed by atoms with E-state index in [1.54, 1.807) is 13.3 Å². The highest BCUT2D eigenvalue weighted by Gasteiger charge is 2.24. The maximum Gasteiger partial charge on any atom is 0.404 e. The van der Waals surface area contributed by atoms with Gasteiger partial charge in [-0.2, -0.15) is 0 Å². The van der Waals surface area contributed by atoms with Crippen molar-refractivity contribution in [2.75, 3.05) is 25.1 Å². The minimum atomic E-state index is -0.722. The minimum Gasteiger partial charge on any atom is -0.480 e. The number of aromatic nitrogens is 1. The summed E-state index contributed by atoms with van der Waals surface area (Å²) in [6.07, 6.45) is 2.57. The monoisotopic (exact) mass is 251 g/mol. The van der Waals surface area contributed by atoms with Crippen LogP contribution in [0.2, 0.25) is 0 Å². The number of hydrogen-bond acceptors (Lipinski definition) is 5. The molecule has 0 aromatic carbocycles. The second-order valence-corrected chi connectivity index (χ2v) is 4.18. The fraction of sp³-hybridized carbons (Fsp3) is 0.500. The van der Waals surface area contributed by atoms with Crippen LogP contribution in [0, 0.1) is 0 Å². The highest BCUT2D eigenvalue weighted by molar-refractivity contribution is 5.65. The largest absolute Gasteiger partial charge is 0.480 e. The first kappa shape index (κ1) is 12.5. The van der Waals surface area contributed by atoms with Crippen molar-refractivity contribution in [2.24, 2.45) is 5.73 Å². The highest BCUT2D eigenvalue weighted by atomic mass is 16.6. The van der Waals surface area contributed by atoms with Gasteiger partial charge in [-0.15, -0.1) is 0 Å². The quantitative estimate of drug-likeness (QED) is 0.872. The summed E-state index contributed by atoms with van der Waals surface area (Å²) in [6.45, 7) is 1.51. The van der Waals surface area contributed by atoms with Crippen LogP contribution in [0.4, 0.5) is 10.5 Å². The van der Waals surface area contributed by atoms with E-state index < -0.39 is 6.09 Å². The first-order valence-corrected chi connectivity index (χ1v) is 5.90. The van der Waals surface area contributed by atoms with E-state index in [0.717, 1.165) is 25.1 Å². The van der Waals surface area contributed by atoms with Gasteiger partial charge >= 0.3 is 6.09 Å². The van der Waals surface area contributed by atoms with Crippen LogP contribution in [0.15, 0.2) is 18.3 Å². The van der Waals surface area contributed by atoms with Crippen molar-refractivity contribution in [2.45, 2.75) is 18.9 Å². The third kappa shape index (κ3) is 2.82. The normalized spacial score (nSPS) is 19.4. The third-order valence-corrected chi connectivity index (χ3v) is 2.95. The Morgan fingerprint density at radius 1 is 1.61 bits per heavy atom. The van der Waals surface area contributed by atoms with Gasteiger partial charge in [-0.1, -0.05) is 0 Å². The molecule has 1 fully saturated rings. The van der Waals surface area contributed by atoms with Gasteiger partial charge in [0.2, 0.25) is 5.88 Å². The van der Waals surface area contributed by atoms with Crippen LogP contribution in [0.3, 0.4) is 0 Å². The number of anilines is 1. The molecule has 1 atom stereocenters. The first-order valence-electron chi connectivity index (χ1n) is 5.90. The van der Waals surface area contributed by atoms with Gasteiger partial charge in [0.25, 0.3) is 0 Å². The van der Waals surface area contributed by atoms with Crippen LogP contribution in [-0.4, -0.2) is 37.4 Å². The Labute approximate surface area is 106 Å². The number of pyridine rings is 1. The van der Waals surface area contributed by atoms with Crippen molar-refractivity contribution < 1.29 is 14.3 Å². The van der Waals surface area contributed by atoms with Crippen molar-refractivity contribution in [1.82, 2.24) is 4.98 Å². The second-order valence-electron chi connectivity index (χ2n) is 4.18. The van der Waals surface area contributed by atoms with Gasteiger partial charge in [0.1, 0.15) is 6.10 Å². The Hall–Kier alpha value is -1.98. The molecule has 2 N–H and O–H groups in total. The lowest BCUT2D eigenvalue weighted by Crippen LogP contribution is -2.41. The fourth-order valence-corrected chi connectivity index (χ4v) is 2.20. The average molecular weight is 251 g/mol. The molecule has 0 saturated carbocycles. The molecule has 98 valence electrons. The molecule has 6 nitrogen and oxygen atoms in total. The molecule has 1 aromatic heterocycles. The number of ether oxygens (including phenoxy) is 2. The summed E-state index contributed by atoms with van der Waals surface area (Å²) in [5.41, 5.74) is 5.96. The van der Waals surface area contributed by atoms with E-state index in [1.165, 1.54) is 0 Å². The molecule has 1 unspecified atom stereocenters. The van der Waals surface area contributed by atoms with Gasteiger partial charge in [0.15, 0.2) is 0 Å². The number of rotatable bonds is 3. The number of nitrogens with zero attached hydrogens (tertiary/aromatic N) is 2. The topological polar surface area (TPSA) is 77.7 Å². The lowest BCUT2D eigenvalue weighted by Gasteiger charge is -2.33. The van der Waals surface area contributed by atoms with Gasteiger partial charge < -0.3 is 20.1 Å². The van der Waals surface area contributed by atoms with Crippen molar-refractivity contribution in [1.29, 1.82) is 0 Å². The van der Waals surface area contributed by atoms with E-state index in [9.17, 15) is 4.79 Å². The van der Waals surface area contributed by atoms with E-state index in [-0.39, 0.29) is 6.10 Å². The molecule has 0 spiro atoms. The number of amides is 1. The van der Waals surface area contributed by atoms with E-state index >= 15 is 0 Å². The van der Waals surface area contributed by atoms with Gasteiger partial charge in [0.05, 0.1) is 19.3 Å². The Balaban J connectivity index is 2.10. The van der Waals surface area contributed by atoms with E-state index in [0.29, 0.717) is 12.4 Å². The second kappa shape index (κ2) is 5.57. The summed E-state index contributed by atoms with van der Waals surface area (Å²) >= 11 is 0. The molecule has 1 aromatic rings. The summed E-state index contributed by atoms with van der Waals surface area (Å²) in [6, 6.07) is 3.80. The summed E-state index contributed by atoms with van der Waals surface area (Å²) in [5.74, 6) is 0.581. The van der Waals surface area contributed by atoms with Gasteiger partial charge in [-0.3, -0.25) is 0 Å². The third-order valence-electron chi connectivity index (χ3n) is 2.95. The fourth-order valence-electron chi connectivity index (χ4n) is 2.20. The summed E-state index contributed by atoms with van der Waals surface area (Å²) in [7, 11) is 1.59. The van der Waals surface area contributed by atoms with Crippen LogP contribution in [0.1, 0.15) is 12.8 Å². The Morgan fingerprint density at radius 3 is 3.17 bits per heavy atom. The first-order chi connectivity index (χ1) is 8.70. The zero-order valence-electron chi connectivity index (χ0n) is 10.3. The van der Waals surface area contributed by atoms with Crippen LogP contribution in [0.5, 0.6) is 5.88 Å². The van der Waals surface area contributed by atoms with Gasteiger partial charge in [-0.25, -0.2) is 9.78 Å². The number of carbonyl (C=O) groups excluding carboxylic acids is 1. The van der Waals surface area contributed by atoms with E-state index in [1.807, 2.05) is 12.1 Å². The standard InChI is InChI=1S/C12H17N3O3/c1-17-11-10(5-2-6-14-11)15-7-3-4-9(8-15)18-12(13)16/h2,5-6,9H,3-4,7-8H2,1H3,(H2,13,16). The number of piperidine rings is 1. The lowest BCUT2D eigenvalue weighted by molar-refractivity contribution is 0.0965. The molecule has 2 heterocycles. The lowest BCUT2D eigenvalue weighted by atomic mass is 10.1. The molecule has 1 saturated heterocycles. The zero-order valence-corrected chi connectivity index (χ0v) is 10.3. The predicted octanol–water partition coefficient (Wildman–Crippen LogP) is 1.15. The van der Waals surface area contributed by atoms with Crippen LogP contribution >= 0.6 is 0 Å². The molecule has 0 aliphatic carbocycles. The number of carbonyl (C=O) groups is 1. The molecule has 18 heavy (non-hydrogen) atoms. The SMILES string of the molecule is COc1ncccc1N1CCCC(OC(N)=O)C1. The van der Waals surface area contributed by atoms with E-state index in [4.69, 9.17) is 15.2 Å². The van der Waals surface area contributed by atoms with Gasteiger partial charge in [0, 0.05) is 12.7 Å². The molecular weight excluding hydrogens is 234 g/mol. The number of nitrogens with two attached hydrogens (primary N) is 1. The highest BCUT2D eigenvalue weighted by Crippen LogP contribution is 2.28. The smallest absolute Gasteiger partial charge is 0.404 e. The molecule has 6 heteroatoms.